The third-order valence-corrected chi connectivity index (χ3v) is 2.45. The van der Waals surface area contributed by atoms with E-state index < -0.39 is 5.87 Å². The number of hydrogen-bond acceptors (Lipinski definition) is 1. The van der Waals surface area contributed by atoms with E-state index in [-0.39, 0.29) is 6.71 Å². The van der Waals surface area contributed by atoms with Crippen LogP contribution in [0.1, 0.15) is 32.1 Å². The first-order chi connectivity index (χ1) is 5.30. The molecule has 0 amide bonds. The second kappa shape index (κ2) is 4.42. The molecule has 1 heterocycles. The normalized spacial score (nSPS) is 20.5. The van der Waals surface area contributed by atoms with Crippen LogP contribution >= 0.6 is 0 Å². The van der Waals surface area contributed by atoms with Crippen molar-refractivity contribution < 1.29 is 9.90 Å². The third-order valence-electron chi connectivity index (χ3n) is 2.45. The van der Waals surface area contributed by atoms with Crippen LogP contribution < -0.4 is 0 Å². The van der Waals surface area contributed by atoms with Gasteiger partial charge in [0.15, 0.2) is 0 Å². The summed E-state index contributed by atoms with van der Waals surface area (Å²) < 4.78 is 0. The Morgan fingerprint density at radius 3 is 1.91 bits per heavy atom. The predicted octanol–water partition coefficient (Wildman–Crippen LogP) is 2.71. The highest BCUT2D eigenvalue weighted by atomic mass is 16.4. The SMILES string of the molecule is O=C(O)B1CCCCCCC1. The lowest BCUT2D eigenvalue weighted by atomic mass is 9.43. The van der Waals surface area contributed by atoms with Gasteiger partial charge in [0.25, 0.3) is 6.71 Å². The summed E-state index contributed by atoms with van der Waals surface area (Å²) in [6, 6.07) is 0. The lowest BCUT2D eigenvalue weighted by molar-refractivity contribution is 0.218. The van der Waals surface area contributed by atoms with Crippen LogP contribution in [0, 0.1) is 0 Å². The van der Waals surface area contributed by atoms with E-state index in [0.717, 1.165) is 25.5 Å². The van der Waals surface area contributed by atoms with Gasteiger partial charge >= 0.3 is 0 Å². The average molecular weight is 154 g/mol. The summed E-state index contributed by atoms with van der Waals surface area (Å²) in [6.45, 7) is -0.0460. The molecule has 1 aliphatic heterocycles. The highest BCUT2D eigenvalue weighted by molar-refractivity contribution is 6.88. The summed E-state index contributed by atoms with van der Waals surface area (Å²) >= 11 is 0. The molecule has 0 spiro atoms. The molecule has 0 bridgehead atoms. The molecule has 0 aliphatic carbocycles. The molecule has 0 saturated carbocycles. The third kappa shape index (κ3) is 2.96. The van der Waals surface area contributed by atoms with Crippen molar-refractivity contribution >= 4 is 12.6 Å². The van der Waals surface area contributed by atoms with E-state index in [2.05, 4.69) is 0 Å². The van der Waals surface area contributed by atoms with Gasteiger partial charge in [0, 0.05) is 0 Å². The molecule has 1 aliphatic rings. The van der Waals surface area contributed by atoms with Crippen molar-refractivity contribution in [1.29, 1.82) is 0 Å². The summed E-state index contributed by atoms with van der Waals surface area (Å²) in [4.78, 5) is 10.6. The van der Waals surface area contributed by atoms with Gasteiger partial charge in [0.05, 0.1) is 0 Å². The van der Waals surface area contributed by atoms with E-state index in [4.69, 9.17) is 5.11 Å². The molecule has 62 valence electrons. The van der Waals surface area contributed by atoms with E-state index in [0.29, 0.717) is 0 Å². The Labute approximate surface area is 68.1 Å². The van der Waals surface area contributed by atoms with Crippen molar-refractivity contribution in [3.63, 3.8) is 0 Å². The molecular weight excluding hydrogens is 139 g/mol. The zero-order chi connectivity index (χ0) is 8.10. The van der Waals surface area contributed by atoms with Gasteiger partial charge in [-0.3, -0.25) is 4.79 Å². The van der Waals surface area contributed by atoms with Gasteiger partial charge in [-0.2, -0.15) is 0 Å². The van der Waals surface area contributed by atoms with Crippen LogP contribution in [0.3, 0.4) is 0 Å². The fourth-order valence-corrected chi connectivity index (χ4v) is 1.70. The van der Waals surface area contributed by atoms with Gasteiger partial charge < -0.3 is 5.11 Å². The fraction of sp³-hybridized carbons (Fsp3) is 0.875. The smallest absolute Gasteiger partial charge is 0.277 e. The highest BCUT2D eigenvalue weighted by Gasteiger charge is 2.22. The topological polar surface area (TPSA) is 37.3 Å². The minimum Gasteiger partial charge on any atom is -0.489 e. The van der Waals surface area contributed by atoms with Crippen LogP contribution in [-0.4, -0.2) is 17.7 Å². The number of rotatable bonds is 1. The first-order valence-electron chi connectivity index (χ1n) is 4.53. The lowest BCUT2D eigenvalue weighted by Crippen LogP contribution is -2.24. The molecule has 1 saturated heterocycles. The molecule has 2 nitrogen and oxygen atoms in total. The Morgan fingerprint density at radius 2 is 1.45 bits per heavy atom. The van der Waals surface area contributed by atoms with Gasteiger partial charge in [-0.25, -0.2) is 0 Å². The molecule has 1 rings (SSSR count). The van der Waals surface area contributed by atoms with E-state index in [1.54, 1.807) is 0 Å². The second-order valence-electron chi connectivity index (χ2n) is 3.38. The molecule has 3 heteroatoms. The van der Waals surface area contributed by atoms with Gasteiger partial charge in [-0.1, -0.05) is 44.7 Å². The molecule has 0 aromatic heterocycles. The van der Waals surface area contributed by atoms with Crippen molar-refractivity contribution in [3.8, 4) is 0 Å². The lowest BCUT2D eigenvalue weighted by Gasteiger charge is -2.11. The molecule has 11 heavy (non-hydrogen) atoms. The monoisotopic (exact) mass is 154 g/mol. The van der Waals surface area contributed by atoms with Crippen molar-refractivity contribution in [2.75, 3.05) is 0 Å². The van der Waals surface area contributed by atoms with Crippen LogP contribution in [0.25, 0.3) is 0 Å². The van der Waals surface area contributed by atoms with Crippen LogP contribution in [0.15, 0.2) is 0 Å². The quantitative estimate of drug-likeness (QED) is 0.589. The highest BCUT2D eigenvalue weighted by Crippen LogP contribution is 2.18. The molecule has 1 N–H and O–H groups in total. The largest absolute Gasteiger partial charge is 0.489 e. The molecule has 1 fully saturated rings. The zero-order valence-corrected chi connectivity index (χ0v) is 6.88. The molecule has 0 atom stereocenters. The first kappa shape index (κ1) is 8.63. The van der Waals surface area contributed by atoms with Crippen LogP contribution in [-0.2, 0) is 0 Å². The van der Waals surface area contributed by atoms with Gasteiger partial charge in [0.2, 0.25) is 5.87 Å². The van der Waals surface area contributed by atoms with Gasteiger partial charge in [0.1, 0.15) is 0 Å². The van der Waals surface area contributed by atoms with E-state index in [1.807, 2.05) is 0 Å². The number of hydrogen-bond donors (Lipinski definition) is 1. The molecule has 0 aromatic carbocycles. The standard InChI is InChI=1S/C8H15BO2/c10-8(11)9-6-4-2-1-3-5-7-9/h1-7H2,(H,10,11). The minimum absolute atomic E-state index is 0.0460. The Hall–Kier alpha value is -0.465. The van der Waals surface area contributed by atoms with Crippen molar-refractivity contribution in [3.05, 3.63) is 0 Å². The summed E-state index contributed by atoms with van der Waals surface area (Å²) in [5, 5.41) is 8.76. The Bertz CT molecular complexity index is 128. The van der Waals surface area contributed by atoms with E-state index in [9.17, 15) is 4.79 Å². The van der Waals surface area contributed by atoms with Gasteiger partial charge in [-0.05, 0) is 0 Å². The molecular formula is C8H15BO2. The molecule has 0 radical (unpaired) electrons. The summed E-state index contributed by atoms with van der Waals surface area (Å²) in [5.41, 5.74) is 0. The van der Waals surface area contributed by atoms with Crippen molar-refractivity contribution in [2.45, 2.75) is 44.7 Å². The van der Waals surface area contributed by atoms with Crippen molar-refractivity contribution in [2.24, 2.45) is 0 Å². The Morgan fingerprint density at radius 1 is 1.00 bits per heavy atom. The Kier molecular flexibility index (Phi) is 3.47. The summed E-state index contributed by atoms with van der Waals surface area (Å²) in [7, 11) is 0. The summed E-state index contributed by atoms with van der Waals surface area (Å²) in [5.74, 6) is -0.591. The van der Waals surface area contributed by atoms with Crippen molar-refractivity contribution in [1.82, 2.24) is 0 Å². The summed E-state index contributed by atoms with van der Waals surface area (Å²) in [6.07, 6.45) is 7.76. The van der Waals surface area contributed by atoms with E-state index >= 15 is 0 Å². The molecule has 0 unspecified atom stereocenters. The second-order valence-corrected chi connectivity index (χ2v) is 3.38. The Balaban J connectivity index is 2.32. The zero-order valence-electron chi connectivity index (χ0n) is 6.88. The number of carbonyl (C=O) groups is 1. The average Bonchev–Trinajstić information content (AvgIpc) is 1.84. The van der Waals surface area contributed by atoms with Crippen LogP contribution in [0.4, 0.5) is 4.79 Å². The maximum Gasteiger partial charge on any atom is 0.277 e. The minimum atomic E-state index is -0.591. The van der Waals surface area contributed by atoms with E-state index in [1.165, 1.54) is 19.3 Å². The molecule has 0 aromatic rings. The maximum absolute atomic E-state index is 10.6. The van der Waals surface area contributed by atoms with Crippen LogP contribution in [0.5, 0.6) is 0 Å². The first-order valence-corrected chi connectivity index (χ1v) is 4.53. The van der Waals surface area contributed by atoms with Crippen LogP contribution in [0.2, 0.25) is 12.6 Å². The van der Waals surface area contributed by atoms with Gasteiger partial charge in [-0.15, -0.1) is 0 Å². The predicted molar refractivity (Wildman–Crippen MR) is 46.5 cm³/mol. The maximum atomic E-state index is 10.6. The fourth-order valence-electron chi connectivity index (χ4n) is 1.70. The number of carboxylic acid groups (broad SMARTS) is 1.